The van der Waals surface area contributed by atoms with Crippen molar-refractivity contribution in [3.63, 3.8) is 0 Å². The van der Waals surface area contributed by atoms with Crippen LogP contribution in [0.5, 0.6) is 0 Å². The van der Waals surface area contributed by atoms with Gasteiger partial charge in [0.2, 0.25) is 5.91 Å². The Morgan fingerprint density at radius 3 is 2.65 bits per heavy atom. The van der Waals surface area contributed by atoms with Gasteiger partial charge < -0.3 is 10.6 Å². The predicted octanol–water partition coefficient (Wildman–Crippen LogP) is 0.530. The van der Waals surface area contributed by atoms with Crippen LogP contribution in [0.2, 0.25) is 0 Å². The molecule has 0 aliphatic rings. The minimum Gasteiger partial charge on any atom is -0.354 e. The standard InChI is InChI=1S/C10H18N4O.2ClH/c1-8(11-2)5-12-10(15)4-9-6-13-14(3)7-9;;/h6-8,11H,4-5H2,1-3H3,(H,12,15);2*1H. The third-order valence-electron chi connectivity index (χ3n) is 2.22. The highest BCUT2D eigenvalue weighted by molar-refractivity contribution is 5.85. The summed E-state index contributed by atoms with van der Waals surface area (Å²) < 4.78 is 1.69. The van der Waals surface area contributed by atoms with Gasteiger partial charge in [0.1, 0.15) is 0 Å². The highest BCUT2D eigenvalue weighted by Gasteiger charge is 2.05. The lowest BCUT2D eigenvalue weighted by atomic mass is 10.2. The zero-order chi connectivity index (χ0) is 11.3. The molecule has 1 amide bonds. The van der Waals surface area contributed by atoms with Crippen LogP contribution in [0.15, 0.2) is 12.4 Å². The summed E-state index contributed by atoms with van der Waals surface area (Å²) in [7, 11) is 3.71. The Morgan fingerprint density at radius 2 is 2.18 bits per heavy atom. The van der Waals surface area contributed by atoms with Gasteiger partial charge in [-0.25, -0.2) is 0 Å². The highest BCUT2D eigenvalue weighted by atomic mass is 35.5. The highest BCUT2D eigenvalue weighted by Crippen LogP contribution is 1.96. The van der Waals surface area contributed by atoms with Crippen molar-refractivity contribution in [3.8, 4) is 0 Å². The topological polar surface area (TPSA) is 58.9 Å². The van der Waals surface area contributed by atoms with Crippen LogP contribution in [0.4, 0.5) is 0 Å². The van der Waals surface area contributed by atoms with Crippen molar-refractivity contribution >= 4 is 30.7 Å². The smallest absolute Gasteiger partial charge is 0.224 e. The molecule has 1 aromatic heterocycles. The van der Waals surface area contributed by atoms with Gasteiger partial charge in [0, 0.05) is 25.8 Å². The first-order chi connectivity index (χ1) is 7.11. The van der Waals surface area contributed by atoms with Gasteiger partial charge in [-0.15, -0.1) is 24.8 Å². The molecule has 5 nitrogen and oxygen atoms in total. The van der Waals surface area contributed by atoms with Crippen LogP contribution in [0.25, 0.3) is 0 Å². The molecule has 1 atom stereocenters. The molecule has 1 aromatic rings. The summed E-state index contributed by atoms with van der Waals surface area (Å²) in [6.45, 7) is 2.67. The van der Waals surface area contributed by atoms with Crippen LogP contribution in [0, 0.1) is 0 Å². The average Bonchev–Trinajstić information content (AvgIpc) is 2.60. The molecule has 0 bridgehead atoms. The Hall–Kier alpha value is -0.780. The number of aromatic nitrogens is 2. The maximum atomic E-state index is 11.5. The van der Waals surface area contributed by atoms with Crippen LogP contribution in [-0.4, -0.2) is 35.3 Å². The summed E-state index contributed by atoms with van der Waals surface area (Å²) in [5.41, 5.74) is 0.937. The monoisotopic (exact) mass is 282 g/mol. The SMILES string of the molecule is CNC(C)CNC(=O)Cc1cnn(C)c1.Cl.Cl. The molecule has 100 valence electrons. The van der Waals surface area contributed by atoms with Crippen molar-refractivity contribution in [2.75, 3.05) is 13.6 Å². The second kappa shape index (κ2) is 9.27. The van der Waals surface area contributed by atoms with Gasteiger partial charge in [-0.2, -0.15) is 5.10 Å². The number of aryl methyl sites for hydroxylation is 1. The number of nitrogens with zero attached hydrogens (tertiary/aromatic N) is 2. The quantitative estimate of drug-likeness (QED) is 0.829. The molecule has 17 heavy (non-hydrogen) atoms. The number of hydrogen-bond donors (Lipinski definition) is 2. The summed E-state index contributed by atoms with van der Waals surface area (Å²) in [6.07, 6.45) is 3.95. The largest absolute Gasteiger partial charge is 0.354 e. The van der Waals surface area contributed by atoms with Gasteiger partial charge in [0.25, 0.3) is 0 Å². The first-order valence-corrected chi connectivity index (χ1v) is 5.03. The summed E-state index contributed by atoms with van der Waals surface area (Å²) in [5, 5.41) is 9.92. The van der Waals surface area contributed by atoms with Crippen LogP contribution < -0.4 is 10.6 Å². The van der Waals surface area contributed by atoms with E-state index in [1.165, 1.54) is 0 Å². The summed E-state index contributed by atoms with van der Waals surface area (Å²) in [5.74, 6) is 0.0325. The molecular weight excluding hydrogens is 263 g/mol. The second-order valence-electron chi connectivity index (χ2n) is 3.69. The fourth-order valence-electron chi connectivity index (χ4n) is 1.18. The molecule has 1 heterocycles. The number of likely N-dealkylation sites (N-methyl/N-ethyl adjacent to an activating group) is 1. The van der Waals surface area contributed by atoms with Crippen molar-refractivity contribution in [2.24, 2.45) is 7.05 Å². The number of hydrogen-bond acceptors (Lipinski definition) is 3. The van der Waals surface area contributed by atoms with Gasteiger partial charge in [-0.05, 0) is 19.5 Å². The molecule has 0 spiro atoms. The molecule has 0 aromatic carbocycles. The van der Waals surface area contributed by atoms with Crippen LogP contribution >= 0.6 is 24.8 Å². The molecule has 1 rings (SSSR count). The van der Waals surface area contributed by atoms with Gasteiger partial charge in [-0.1, -0.05) is 0 Å². The number of amides is 1. The number of nitrogens with one attached hydrogen (secondary N) is 2. The van der Waals surface area contributed by atoms with E-state index in [1.807, 2.05) is 27.2 Å². The number of carbonyl (C=O) groups is 1. The maximum Gasteiger partial charge on any atom is 0.224 e. The second-order valence-corrected chi connectivity index (χ2v) is 3.69. The van der Waals surface area contributed by atoms with Gasteiger partial charge >= 0.3 is 0 Å². The molecule has 0 fully saturated rings. The third-order valence-corrected chi connectivity index (χ3v) is 2.22. The first kappa shape index (κ1) is 18.6. The lowest BCUT2D eigenvalue weighted by Crippen LogP contribution is -2.37. The summed E-state index contributed by atoms with van der Waals surface area (Å²) in [6, 6.07) is 0.294. The van der Waals surface area contributed by atoms with E-state index in [1.54, 1.807) is 10.9 Å². The Bertz CT molecular complexity index is 330. The minimum atomic E-state index is 0. The predicted molar refractivity (Wildman–Crippen MR) is 72.9 cm³/mol. The van der Waals surface area contributed by atoms with E-state index < -0.39 is 0 Å². The summed E-state index contributed by atoms with van der Waals surface area (Å²) >= 11 is 0. The molecule has 0 saturated heterocycles. The number of rotatable bonds is 5. The van der Waals surface area contributed by atoms with Gasteiger partial charge in [0.15, 0.2) is 0 Å². The normalized spacial score (nSPS) is 11.0. The van der Waals surface area contributed by atoms with E-state index in [-0.39, 0.29) is 30.7 Å². The fourth-order valence-corrected chi connectivity index (χ4v) is 1.18. The lowest BCUT2D eigenvalue weighted by molar-refractivity contribution is -0.120. The van der Waals surface area contributed by atoms with Crippen LogP contribution in [-0.2, 0) is 18.3 Å². The zero-order valence-electron chi connectivity index (χ0n) is 10.3. The van der Waals surface area contributed by atoms with E-state index in [2.05, 4.69) is 15.7 Å². The lowest BCUT2D eigenvalue weighted by Gasteiger charge is -2.10. The molecule has 0 radical (unpaired) electrons. The van der Waals surface area contributed by atoms with E-state index in [0.717, 1.165) is 5.56 Å². The van der Waals surface area contributed by atoms with Crippen molar-refractivity contribution in [2.45, 2.75) is 19.4 Å². The first-order valence-electron chi connectivity index (χ1n) is 5.03. The van der Waals surface area contributed by atoms with E-state index in [0.29, 0.717) is 19.0 Å². The van der Waals surface area contributed by atoms with E-state index in [4.69, 9.17) is 0 Å². The Morgan fingerprint density at radius 1 is 1.53 bits per heavy atom. The molecule has 1 unspecified atom stereocenters. The third kappa shape index (κ3) is 7.20. The molecule has 2 N–H and O–H groups in total. The molecule has 0 aliphatic carbocycles. The summed E-state index contributed by atoms with van der Waals surface area (Å²) in [4.78, 5) is 11.5. The van der Waals surface area contributed by atoms with Gasteiger partial charge in [-0.3, -0.25) is 9.48 Å². The Labute approximate surface area is 114 Å². The molecular formula is C10H20Cl2N4O. The van der Waals surface area contributed by atoms with E-state index in [9.17, 15) is 4.79 Å². The minimum absolute atomic E-state index is 0. The molecule has 7 heteroatoms. The van der Waals surface area contributed by atoms with Gasteiger partial charge in [0.05, 0.1) is 12.6 Å². The number of carbonyl (C=O) groups excluding carboxylic acids is 1. The van der Waals surface area contributed by atoms with Crippen molar-refractivity contribution in [1.82, 2.24) is 20.4 Å². The zero-order valence-corrected chi connectivity index (χ0v) is 11.9. The Balaban J connectivity index is 0. The molecule has 0 aliphatic heterocycles. The maximum absolute atomic E-state index is 11.5. The molecule has 0 saturated carbocycles. The fraction of sp³-hybridized carbons (Fsp3) is 0.600. The van der Waals surface area contributed by atoms with Crippen molar-refractivity contribution in [1.29, 1.82) is 0 Å². The van der Waals surface area contributed by atoms with Crippen molar-refractivity contribution < 1.29 is 4.79 Å². The van der Waals surface area contributed by atoms with Crippen molar-refractivity contribution in [3.05, 3.63) is 18.0 Å². The average molecular weight is 283 g/mol. The van der Waals surface area contributed by atoms with E-state index >= 15 is 0 Å². The van der Waals surface area contributed by atoms with Crippen LogP contribution in [0.3, 0.4) is 0 Å². The van der Waals surface area contributed by atoms with Crippen LogP contribution in [0.1, 0.15) is 12.5 Å². The number of halogens is 2. The Kier molecular flexibility index (Phi) is 10.1.